The number of hydrogen-bond donors (Lipinski definition) is 3. The summed E-state index contributed by atoms with van der Waals surface area (Å²) in [7, 11) is 0. The van der Waals surface area contributed by atoms with E-state index in [0.29, 0.717) is 11.3 Å². The lowest BCUT2D eigenvalue weighted by atomic mass is 10.1. The van der Waals surface area contributed by atoms with E-state index in [2.05, 4.69) is 0 Å². The van der Waals surface area contributed by atoms with E-state index in [1.807, 2.05) is 19.1 Å². The van der Waals surface area contributed by atoms with Gasteiger partial charge in [0.2, 0.25) is 0 Å². The minimum Gasteiger partial charge on any atom is -0.398 e. The largest absolute Gasteiger partial charge is 0.398 e. The molecule has 0 saturated heterocycles. The summed E-state index contributed by atoms with van der Waals surface area (Å²) in [5.41, 5.74) is 7.64. The number of hydrogen-bond acceptors (Lipinski definition) is 4. The summed E-state index contributed by atoms with van der Waals surface area (Å²) in [6, 6.07) is 7.41. The number of anilines is 1. The third kappa shape index (κ3) is 4.02. The zero-order valence-electron chi connectivity index (χ0n) is 7.91. The van der Waals surface area contributed by atoms with Gasteiger partial charge in [0.15, 0.2) is 0 Å². The highest BCUT2D eigenvalue weighted by molar-refractivity contribution is 6.12. The molecule has 0 fully saturated rings. The molecule has 0 aliphatic heterocycles. The zero-order chi connectivity index (χ0) is 11.0. The predicted molar refractivity (Wildman–Crippen MR) is 57.9 cm³/mol. The van der Waals surface area contributed by atoms with E-state index < -0.39 is 0 Å². The molecule has 14 heavy (non-hydrogen) atoms. The molecule has 4 nitrogen and oxygen atoms in total. The smallest absolute Gasteiger partial charge is 0.101 e. The molecule has 0 aliphatic carbocycles. The quantitative estimate of drug-likeness (QED) is 0.462. The lowest BCUT2D eigenvalue weighted by Crippen LogP contribution is -1.89. The van der Waals surface area contributed by atoms with Crippen molar-refractivity contribution in [1.82, 2.24) is 0 Å². The van der Waals surface area contributed by atoms with Gasteiger partial charge >= 0.3 is 0 Å². The standard InChI is InChI=1S/C8H8N2.C2H4N2/c1-6-2-3-8(10)7(4-6)5-9;3-1-2-4/h2-4H,10H2,1H3;1-4H. The minimum absolute atomic E-state index is 0.549. The van der Waals surface area contributed by atoms with E-state index in [0.717, 1.165) is 18.0 Å². The van der Waals surface area contributed by atoms with Crippen LogP contribution < -0.4 is 5.73 Å². The number of nitrogens with one attached hydrogen (secondary N) is 2. The van der Waals surface area contributed by atoms with E-state index in [1.54, 1.807) is 12.1 Å². The van der Waals surface area contributed by atoms with Crippen molar-refractivity contribution in [2.75, 3.05) is 5.73 Å². The van der Waals surface area contributed by atoms with Crippen molar-refractivity contribution in [2.45, 2.75) is 6.92 Å². The van der Waals surface area contributed by atoms with Crippen LogP contribution in [0.15, 0.2) is 18.2 Å². The first-order chi connectivity index (χ1) is 6.65. The van der Waals surface area contributed by atoms with E-state index in [9.17, 15) is 0 Å². The molecule has 1 aromatic rings. The fraction of sp³-hybridized carbons (Fsp3) is 0.100. The number of nitrogen functional groups attached to an aromatic ring is 1. The Kier molecular flexibility index (Phi) is 5.40. The second-order valence-electron chi connectivity index (χ2n) is 2.54. The van der Waals surface area contributed by atoms with Crippen LogP contribution in [0.25, 0.3) is 0 Å². The van der Waals surface area contributed by atoms with Gasteiger partial charge in [0.05, 0.1) is 5.56 Å². The molecule has 72 valence electrons. The van der Waals surface area contributed by atoms with Crippen molar-refractivity contribution < 1.29 is 0 Å². The molecule has 1 aromatic carbocycles. The lowest BCUT2D eigenvalue weighted by molar-refractivity contribution is 1.42. The summed E-state index contributed by atoms with van der Waals surface area (Å²) in [6.07, 6.45) is 1.83. The number of aryl methyl sites for hydroxylation is 1. The Morgan fingerprint density at radius 3 is 2.29 bits per heavy atom. The van der Waals surface area contributed by atoms with Crippen LogP contribution >= 0.6 is 0 Å². The third-order valence-electron chi connectivity index (χ3n) is 1.41. The van der Waals surface area contributed by atoms with Gasteiger partial charge in [-0.05, 0) is 24.6 Å². The number of benzene rings is 1. The molecule has 1 rings (SSSR count). The summed E-state index contributed by atoms with van der Waals surface area (Å²) in [4.78, 5) is 0. The number of nitrogens with zero attached hydrogens (tertiary/aromatic N) is 1. The van der Waals surface area contributed by atoms with Crippen LogP contribution in [0.4, 0.5) is 5.69 Å². The van der Waals surface area contributed by atoms with Crippen molar-refractivity contribution in [3.05, 3.63) is 29.3 Å². The Morgan fingerprint density at radius 1 is 1.36 bits per heavy atom. The number of nitriles is 1. The fourth-order valence-electron chi connectivity index (χ4n) is 0.767. The highest BCUT2D eigenvalue weighted by Crippen LogP contribution is 2.11. The summed E-state index contributed by atoms with van der Waals surface area (Å²) in [5.74, 6) is 0. The number of rotatable bonds is 1. The molecule has 0 spiro atoms. The van der Waals surface area contributed by atoms with Crippen molar-refractivity contribution in [1.29, 1.82) is 16.1 Å². The summed E-state index contributed by atoms with van der Waals surface area (Å²) in [6.45, 7) is 1.93. The summed E-state index contributed by atoms with van der Waals surface area (Å²) < 4.78 is 0. The van der Waals surface area contributed by atoms with Gasteiger partial charge in [-0.3, -0.25) is 0 Å². The highest BCUT2D eigenvalue weighted by Gasteiger charge is 1.94. The van der Waals surface area contributed by atoms with E-state index in [4.69, 9.17) is 21.8 Å². The predicted octanol–water partition coefficient (Wildman–Crippen LogP) is 1.73. The maximum absolute atomic E-state index is 8.51. The van der Waals surface area contributed by atoms with Crippen LogP contribution in [-0.2, 0) is 0 Å². The molecule has 0 unspecified atom stereocenters. The molecule has 0 aliphatic rings. The van der Waals surface area contributed by atoms with Gasteiger partial charge in [0, 0.05) is 18.1 Å². The van der Waals surface area contributed by atoms with E-state index >= 15 is 0 Å². The van der Waals surface area contributed by atoms with Gasteiger partial charge in [-0.2, -0.15) is 5.26 Å². The molecular weight excluding hydrogens is 176 g/mol. The Bertz CT molecular complexity index is 357. The van der Waals surface area contributed by atoms with Crippen LogP contribution in [-0.4, -0.2) is 12.4 Å². The molecule has 0 amide bonds. The highest BCUT2D eigenvalue weighted by atomic mass is 14.6. The SMILES string of the molecule is Cc1ccc(N)c(C#N)c1.N=CC=N. The average Bonchev–Trinajstić information content (AvgIpc) is 2.22. The molecule has 0 aromatic heterocycles. The maximum atomic E-state index is 8.51. The lowest BCUT2D eigenvalue weighted by Gasteiger charge is -1.96. The third-order valence-corrected chi connectivity index (χ3v) is 1.41. The van der Waals surface area contributed by atoms with Gasteiger partial charge in [-0.15, -0.1) is 0 Å². The Balaban J connectivity index is 0.000000364. The minimum atomic E-state index is 0.549. The molecule has 4 N–H and O–H groups in total. The Hall–Kier alpha value is -2.15. The van der Waals surface area contributed by atoms with Crippen molar-refractivity contribution in [3.8, 4) is 6.07 Å². The Morgan fingerprint density at radius 2 is 1.93 bits per heavy atom. The van der Waals surface area contributed by atoms with Crippen LogP contribution in [0.5, 0.6) is 0 Å². The van der Waals surface area contributed by atoms with E-state index in [-0.39, 0.29) is 0 Å². The van der Waals surface area contributed by atoms with Crippen LogP contribution in [0.2, 0.25) is 0 Å². The first kappa shape index (κ1) is 11.8. The molecule has 0 saturated carbocycles. The van der Waals surface area contributed by atoms with Gasteiger partial charge in [-0.25, -0.2) is 0 Å². The van der Waals surface area contributed by atoms with Gasteiger partial charge in [0.25, 0.3) is 0 Å². The molecular formula is C10H12N4. The van der Waals surface area contributed by atoms with Gasteiger partial charge in [0.1, 0.15) is 6.07 Å². The molecule has 0 radical (unpaired) electrons. The normalized spacial score (nSPS) is 7.71. The van der Waals surface area contributed by atoms with Gasteiger partial charge in [-0.1, -0.05) is 6.07 Å². The van der Waals surface area contributed by atoms with Crippen molar-refractivity contribution >= 4 is 18.1 Å². The van der Waals surface area contributed by atoms with Crippen LogP contribution in [0.3, 0.4) is 0 Å². The van der Waals surface area contributed by atoms with Crippen molar-refractivity contribution in [2.24, 2.45) is 0 Å². The molecule has 0 heterocycles. The molecule has 0 bridgehead atoms. The van der Waals surface area contributed by atoms with Crippen molar-refractivity contribution in [3.63, 3.8) is 0 Å². The fourth-order valence-corrected chi connectivity index (χ4v) is 0.767. The maximum Gasteiger partial charge on any atom is 0.101 e. The van der Waals surface area contributed by atoms with E-state index in [1.165, 1.54) is 0 Å². The first-order valence-electron chi connectivity index (χ1n) is 3.91. The topological polar surface area (TPSA) is 97.5 Å². The summed E-state index contributed by atoms with van der Waals surface area (Å²) in [5, 5.41) is 20.7. The molecule has 4 heteroatoms. The number of nitrogens with two attached hydrogens (primary N) is 1. The van der Waals surface area contributed by atoms with Crippen LogP contribution in [0, 0.1) is 29.1 Å². The Labute approximate surface area is 83.0 Å². The van der Waals surface area contributed by atoms with Crippen LogP contribution in [0.1, 0.15) is 11.1 Å². The zero-order valence-corrected chi connectivity index (χ0v) is 7.91. The monoisotopic (exact) mass is 188 g/mol. The molecule has 0 atom stereocenters. The second kappa shape index (κ2) is 6.38. The van der Waals surface area contributed by atoms with Gasteiger partial charge < -0.3 is 16.6 Å². The first-order valence-corrected chi connectivity index (χ1v) is 3.91. The summed E-state index contributed by atoms with van der Waals surface area (Å²) >= 11 is 0. The second-order valence-corrected chi connectivity index (χ2v) is 2.54. The average molecular weight is 188 g/mol.